The Balaban J connectivity index is 2.91. The molecule has 0 aromatic heterocycles. The second-order valence-electron chi connectivity index (χ2n) is 3.61. The van der Waals surface area contributed by atoms with Crippen molar-refractivity contribution >= 4 is 9.84 Å². The lowest BCUT2D eigenvalue weighted by Gasteiger charge is -2.08. The van der Waals surface area contributed by atoms with Crippen LogP contribution < -0.4 is 0 Å². The molecule has 0 saturated carbocycles. The fourth-order valence-electron chi connectivity index (χ4n) is 1.32. The van der Waals surface area contributed by atoms with E-state index in [-0.39, 0.29) is 11.3 Å². The third-order valence-electron chi connectivity index (χ3n) is 2.09. The average molecular weight is 239 g/mol. The van der Waals surface area contributed by atoms with Gasteiger partial charge in [0.2, 0.25) is 0 Å². The van der Waals surface area contributed by atoms with Gasteiger partial charge in [-0.05, 0) is 24.6 Å². The summed E-state index contributed by atoms with van der Waals surface area (Å²) >= 11 is 0. The van der Waals surface area contributed by atoms with Gasteiger partial charge in [0.1, 0.15) is 0 Å². The van der Waals surface area contributed by atoms with E-state index >= 15 is 0 Å². The molecule has 1 rings (SSSR count). The number of nitriles is 1. The molecule has 0 aliphatic rings. The van der Waals surface area contributed by atoms with Crippen molar-refractivity contribution in [1.29, 1.82) is 5.26 Å². The quantitative estimate of drug-likeness (QED) is 0.851. The topological polar surface area (TPSA) is 78.2 Å². The van der Waals surface area contributed by atoms with Crippen LogP contribution in [-0.4, -0.2) is 25.4 Å². The second-order valence-corrected chi connectivity index (χ2v) is 5.65. The monoisotopic (exact) mass is 239 g/mol. The summed E-state index contributed by atoms with van der Waals surface area (Å²) in [5.74, 6) is -0.413. The lowest BCUT2D eigenvalue weighted by atomic mass is 10.2. The highest BCUT2D eigenvalue weighted by Crippen LogP contribution is 2.14. The highest BCUT2D eigenvalue weighted by molar-refractivity contribution is 7.91. The Kier molecular flexibility index (Phi) is 4.05. The zero-order valence-corrected chi connectivity index (χ0v) is 9.74. The molecule has 0 fully saturated rings. The van der Waals surface area contributed by atoms with Crippen molar-refractivity contribution < 1.29 is 13.5 Å². The number of nitrogens with zero attached hydrogens (tertiary/aromatic N) is 1. The summed E-state index contributed by atoms with van der Waals surface area (Å²) in [4.78, 5) is 0.185. The van der Waals surface area contributed by atoms with Crippen molar-refractivity contribution in [3.8, 4) is 6.07 Å². The highest BCUT2D eigenvalue weighted by Gasteiger charge is 2.19. The van der Waals surface area contributed by atoms with Crippen molar-refractivity contribution in [3.05, 3.63) is 29.8 Å². The predicted octanol–water partition coefficient (Wildman–Crippen LogP) is 1.04. The van der Waals surface area contributed by atoms with Gasteiger partial charge in [-0.2, -0.15) is 5.26 Å². The Morgan fingerprint density at radius 2 is 2.19 bits per heavy atom. The summed E-state index contributed by atoms with van der Waals surface area (Å²) in [6.45, 7) is 1.80. The van der Waals surface area contributed by atoms with E-state index < -0.39 is 21.7 Å². The zero-order chi connectivity index (χ0) is 12.2. The second kappa shape index (κ2) is 5.10. The highest BCUT2D eigenvalue weighted by atomic mass is 32.2. The number of rotatable bonds is 4. The summed E-state index contributed by atoms with van der Waals surface area (Å²) in [6, 6.07) is 8.22. The van der Waals surface area contributed by atoms with Crippen LogP contribution in [0.15, 0.2) is 29.2 Å². The molecule has 1 aromatic carbocycles. The van der Waals surface area contributed by atoms with Crippen LogP contribution in [0.4, 0.5) is 0 Å². The first kappa shape index (κ1) is 12.7. The fraction of sp³-hybridized carbons (Fsp3) is 0.364. The molecule has 0 spiro atoms. The standard InChI is InChI=1S/C11H13NO3S/c1-9-3-2-4-11(7-9)16(14,15)8-10(13)5-6-12/h2-4,7,10,13H,5,8H2,1H3. The number of sulfone groups is 1. The third kappa shape index (κ3) is 3.33. The van der Waals surface area contributed by atoms with Gasteiger partial charge in [0.15, 0.2) is 9.84 Å². The molecule has 1 N–H and O–H groups in total. The number of aliphatic hydroxyl groups is 1. The number of aliphatic hydroxyl groups excluding tert-OH is 1. The minimum Gasteiger partial charge on any atom is -0.391 e. The Labute approximate surface area is 95.1 Å². The molecule has 1 atom stereocenters. The van der Waals surface area contributed by atoms with Gasteiger partial charge in [0.25, 0.3) is 0 Å². The van der Waals surface area contributed by atoms with Gasteiger partial charge in [-0.15, -0.1) is 0 Å². The summed E-state index contributed by atoms with van der Waals surface area (Å²) in [6.07, 6.45) is -1.30. The van der Waals surface area contributed by atoms with Crippen LogP contribution in [0.25, 0.3) is 0 Å². The maximum absolute atomic E-state index is 11.8. The van der Waals surface area contributed by atoms with E-state index in [2.05, 4.69) is 0 Å². The Bertz CT molecular complexity index is 502. The van der Waals surface area contributed by atoms with Gasteiger partial charge in [-0.25, -0.2) is 8.42 Å². The largest absolute Gasteiger partial charge is 0.391 e. The van der Waals surface area contributed by atoms with Crippen LogP contribution in [0.2, 0.25) is 0 Å². The molecule has 1 unspecified atom stereocenters. The molecule has 0 heterocycles. The van der Waals surface area contributed by atoms with E-state index in [4.69, 9.17) is 5.26 Å². The lowest BCUT2D eigenvalue weighted by Crippen LogP contribution is -2.20. The van der Waals surface area contributed by atoms with E-state index in [1.54, 1.807) is 31.2 Å². The summed E-state index contributed by atoms with van der Waals surface area (Å²) in [5, 5.41) is 17.7. The van der Waals surface area contributed by atoms with E-state index in [1.807, 2.05) is 0 Å². The van der Waals surface area contributed by atoms with Gasteiger partial charge < -0.3 is 5.11 Å². The van der Waals surface area contributed by atoms with Crippen LogP contribution in [0.5, 0.6) is 0 Å². The van der Waals surface area contributed by atoms with Gasteiger partial charge in [-0.1, -0.05) is 12.1 Å². The van der Waals surface area contributed by atoms with Crippen LogP contribution in [0.3, 0.4) is 0 Å². The first-order chi connectivity index (χ1) is 7.45. The first-order valence-corrected chi connectivity index (χ1v) is 6.45. The van der Waals surface area contributed by atoms with Gasteiger partial charge in [-0.3, -0.25) is 0 Å². The van der Waals surface area contributed by atoms with Crippen molar-refractivity contribution in [2.24, 2.45) is 0 Å². The summed E-state index contributed by atoms with van der Waals surface area (Å²) in [5.41, 5.74) is 0.843. The van der Waals surface area contributed by atoms with E-state index in [0.29, 0.717) is 0 Å². The Morgan fingerprint density at radius 3 is 2.75 bits per heavy atom. The summed E-state index contributed by atoms with van der Waals surface area (Å²) < 4.78 is 23.6. The molecule has 16 heavy (non-hydrogen) atoms. The third-order valence-corrected chi connectivity index (χ3v) is 3.88. The number of hydrogen-bond acceptors (Lipinski definition) is 4. The van der Waals surface area contributed by atoms with Gasteiger partial charge in [0, 0.05) is 0 Å². The molecule has 0 amide bonds. The average Bonchev–Trinajstić information content (AvgIpc) is 2.17. The minimum absolute atomic E-state index is 0.176. The maximum atomic E-state index is 11.8. The van der Waals surface area contributed by atoms with Crippen LogP contribution in [0.1, 0.15) is 12.0 Å². The Hall–Kier alpha value is -1.38. The van der Waals surface area contributed by atoms with Crippen molar-refractivity contribution in [3.63, 3.8) is 0 Å². The van der Waals surface area contributed by atoms with Crippen molar-refractivity contribution in [2.75, 3.05) is 5.75 Å². The molecule has 1 aromatic rings. The molecule has 0 aliphatic carbocycles. The van der Waals surface area contributed by atoms with E-state index in [1.165, 1.54) is 6.07 Å². The van der Waals surface area contributed by atoms with E-state index in [9.17, 15) is 13.5 Å². The van der Waals surface area contributed by atoms with Gasteiger partial charge >= 0.3 is 0 Å². The minimum atomic E-state index is -3.51. The van der Waals surface area contributed by atoms with Gasteiger partial charge in [0.05, 0.1) is 29.2 Å². The van der Waals surface area contributed by atoms with E-state index in [0.717, 1.165) is 5.56 Å². The molecular formula is C11H13NO3S. The molecule has 4 nitrogen and oxygen atoms in total. The molecule has 86 valence electrons. The number of aryl methyl sites for hydroxylation is 1. The smallest absolute Gasteiger partial charge is 0.180 e. The van der Waals surface area contributed by atoms with Crippen molar-refractivity contribution in [2.45, 2.75) is 24.3 Å². The SMILES string of the molecule is Cc1cccc(S(=O)(=O)CC(O)CC#N)c1. The molecular weight excluding hydrogens is 226 g/mol. The lowest BCUT2D eigenvalue weighted by molar-refractivity contribution is 0.202. The zero-order valence-electron chi connectivity index (χ0n) is 8.92. The normalized spacial score (nSPS) is 13.1. The molecule has 0 radical (unpaired) electrons. The number of benzene rings is 1. The first-order valence-electron chi connectivity index (χ1n) is 4.80. The predicted molar refractivity (Wildman–Crippen MR) is 59.5 cm³/mol. The van der Waals surface area contributed by atoms with Crippen molar-refractivity contribution in [1.82, 2.24) is 0 Å². The van der Waals surface area contributed by atoms with Crippen LogP contribution >= 0.6 is 0 Å². The molecule has 0 aliphatic heterocycles. The number of hydrogen-bond donors (Lipinski definition) is 1. The summed E-state index contributed by atoms with van der Waals surface area (Å²) in [7, 11) is -3.51. The molecule has 0 bridgehead atoms. The van der Waals surface area contributed by atoms with Crippen LogP contribution in [-0.2, 0) is 9.84 Å². The molecule has 5 heteroatoms. The Morgan fingerprint density at radius 1 is 1.50 bits per heavy atom. The fourth-order valence-corrected chi connectivity index (χ4v) is 2.79. The molecule has 0 saturated heterocycles. The van der Waals surface area contributed by atoms with Crippen LogP contribution in [0, 0.1) is 18.3 Å². The maximum Gasteiger partial charge on any atom is 0.180 e.